The van der Waals surface area contributed by atoms with Crippen molar-refractivity contribution in [3.05, 3.63) is 115 Å². The number of benzene rings is 6. The van der Waals surface area contributed by atoms with Crippen LogP contribution in [0.15, 0.2) is 120 Å². The summed E-state index contributed by atoms with van der Waals surface area (Å²) in [7, 11) is 0. The van der Waals surface area contributed by atoms with Gasteiger partial charge in [-0.2, -0.15) is 0 Å². The normalized spacial score (nSPS) is 13.7. The first-order chi connectivity index (χ1) is 18.9. The van der Waals surface area contributed by atoms with E-state index in [1.807, 2.05) is 72.8 Å². The first-order valence-electron chi connectivity index (χ1n) is 13.5. The van der Waals surface area contributed by atoms with Crippen molar-refractivity contribution in [2.75, 3.05) is 0 Å². The molecule has 2 heteroatoms. The molecule has 0 aliphatic rings. The maximum absolute atomic E-state index is 10.4. The Morgan fingerprint density at radius 1 is 0.559 bits per heavy atom. The number of hydrogen-bond donors (Lipinski definition) is 1. The van der Waals surface area contributed by atoms with E-state index in [0.29, 0.717) is 22.1 Å². The summed E-state index contributed by atoms with van der Waals surface area (Å²) in [5, 5.41) is 15.3. The maximum Gasteiger partial charge on any atom is 0.139 e. The number of rotatable bonds is 2. The number of furan rings is 1. The fourth-order valence-electron chi connectivity index (χ4n) is 5.05. The largest absolute Gasteiger partial charge is 0.507 e. The Hall–Kier alpha value is -4.56. The molecule has 7 aromatic rings. The minimum absolute atomic E-state index is 0.165. The SMILES string of the molecule is [2H]c1c([2H])c([2H])c(-c2c3ccccc3c(-c3ccc4c(c3)oc3cccc(O)c34)c3ccccc23)c([2H])c1[2H]. The standard InChI is InChI=1S/C32H20O2/c33-27-15-8-16-28-32(27)26-18-17-21(19-29(26)34-28)31-24-13-6-4-11-22(24)30(20-9-2-1-3-10-20)23-12-5-7-14-25(23)31/h1-19,33H/i1D,2D,3D,9D,10D. The fraction of sp³-hybridized carbons (Fsp3) is 0. The van der Waals surface area contributed by atoms with Gasteiger partial charge in [0.25, 0.3) is 0 Å². The van der Waals surface area contributed by atoms with Gasteiger partial charge in [-0.05, 0) is 68.1 Å². The highest BCUT2D eigenvalue weighted by atomic mass is 16.3. The van der Waals surface area contributed by atoms with E-state index in [1.165, 1.54) is 0 Å². The van der Waals surface area contributed by atoms with Gasteiger partial charge in [-0.3, -0.25) is 0 Å². The van der Waals surface area contributed by atoms with Crippen molar-refractivity contribution in [1.29, 1.82) is 0 Å². The van der Waals surface area contributed by atoms with E-state index < -0.39 is 6.04 Å². The van der Waals surface area contributed by atoms with Crippen molar-refractivity contribution in [2.45, 2.75) is 0 Å². The molecule has 1 aromatic heterocycles. The summed E-state index contributed by atoms with van der Waals surface area (Å²) in [5.41, 5.74) is 3.89. The third kappa shape index (κ3) is 2.69. The predicted octanol–water partition coefficient (Wildman–Crippen LogP) is 8.93. The summed E-state index contributed by atoms with van der Waals surface area (Å²) in [5.74, 6) is 0.165. The zero-order valence-electron chi connectivity index (χ0n) is 22.9. The van der Waals surface area contributed by atoms with Crippen molar-refractivity contribution in [2.24, 2.45) is 0 Å². The Labute approximate surface area is 203 Å². The van der Waals surface area contributed by atoms with Gasteiger partial charge in [-0.15, -0.1) is 0 Å². The molecule has 160 valence electrons. The molecule has 34 heavy (non-hydrogen) atoms. The summed E-state index contributed by atoms with van der Waals surface area (Å²) in [6.07, 6.45) is 0. The molecule has 0 aliphatic heterocycles. The molecule has 0 spiro atoms. The second kappa shape index (κ2) is 7.23. The van der Waals surface area contributed by atoms with Crippen LogP contribution in [0.1, 0.15) is 6.85 Å². The molecular formula is C32H20O2. The van der Waals surface area contributed by atoms with Gasteiger partial charge in [0.05, 0.1) is 12.2 Å². The Bertz CT molecular complexity index is 2060. The molecule has 0 saturated carbocycles. The van der Waals surface area contributed by atoms with Crippen LogP contribution in [0.3, 0.4) is 0 Å². The van der Waals surface area contributed by atoms with Crippen LogP contribution in [-0.4, -0.2) is 5.11 Å². The quantitative estimate of drug-likeness (QED) is 0.272. The van der Waals surface area contributed by atoms with Crippen LogP contribution >= 0.6 is 0 Å². The van der Waals surface area contributed by atoms with Gasteiger partial charge in [0.2, 0.25) is 0 Å². The summed E-state index contributed by atoms with van der Waals surface area (Å²) < 4.78 is 48.1. The van der Waals surface area contributed by atoms with Gasteiger partial charge in [-0.1, -0.05) is 90.9 Å². The Kier molecular flexibility index (Phi) is 3.09. The molecule has 1 heterocycles. The van der Waals surface area contributed by atoms with Crippen LogP contribution in [0.5, 0.6) is 5.75 Å². The highest BCUT2D eigenvalue weighted by molar-refractivity contribution is 6.22. The first-order valence-corrected chi connectivity index (χ1v) is 11.0. The summed E-state index contributed by atoms with van der Waals surface area (Å²) in [6.45, 7) is 0. The molecule has 0 bridgehead atoms. The Morgan fingerprint density at radius 2 is 1.18 bits per heavy atom. The third-order valence-electron chi connectivity index (χ3n) is 6.45. The summed E-state index contributed by atoms with van der Waals surface area (Å²) in [6, 6.07) is 25.0. The van der Waals surface area contributed by atoms with Crippen molar-refractivity contribution in [3.8, 4) is 28.0 Å². The lowest BCUT2D eigenvalue weighted by Crippen LogP contribution is -1.90. The van der Waals surface area contributed by atoms with E-state index in [9.17, 15) is 5.11 Å². The highest BCUT2D eigenvalue weighted by Gasteiger charge is 2.18. The van der Waals surface area contributed by atoms with Crippen molar-refractivity contribution in [3.63, 3.8) is 0 Å². The molecular weight excluding hydrogens is 416 g/mol. The van der Waals surface area contributed by atoms with Crippen LogP contribution in [-0.2, 0) is 0 Å². The van der Waals surface area contributed by atoms with Crippen LogP contribution in [0.25, 0.3) is 65.7 Å². The molecule has 0 saturated heterocycles. The molecule has 0 fully saturated rings. The molecule has 0 atom stereocenters. The second-order valence-electron chi connectivity index (χ2n) is 8.30. The Balaban J connectivity index is 1.62. The zero-order valence-corrected chi connectivity index (χ0v) is 17.9. The fourth-order valence-corrected chi connectivity index (χ4v) is 5.05. The lowest BCUT2D eigenvalue weighted by Gasteiger charge is -2.17. The van der Waals surface area contributed by atoms with Gasteiger partial charge >= 0.3 is 0 Å². The van der Waals surface area contributed by atoms with Crippen LogP contribution in [0.2, 0.25) is 0 Å². The van der Waals surface area contributed by atoms with Gasteiger partial charge < -0.3 is 9.52 Å². The van der Waals surface area contributed by atoms with E-state index >= 15 is 0 Å². The maximum atomic E-state index is 10.4. The molecule has 2 nitrogen and oxygen atoms in total. The Morgan fingerprint density at radius 3 is 1.82 bits per heavy atom. The molecule has 6 aromatic carbocycles. The van der Waals surface area contributed by atoms with Crippen molar-refractivity contribution in [1.82, 2.24) is 0 Å². The van der Waals surface area contributed by atoms with E-state index in [0.717, 1.165) is 38.1 Å². The summed E-state index contributed by atoms with van der Waals surface area (Å²) in [4.78, 5) is 0. The predicted molar refractivity (Wildman–Crippen MR) is 141 cm³/mol. The number of phenols is 1. The van der Waals surface area contributed by atoms with E-state index in [-0.39, 0.29) is 35.5 Å². The van der Waals surface area contributed by atoms with Crippen molar-refractivity contribution < 1.29 is 16.4 Å². The number of fused-ring (bicyclic) bond motifs is 5. The second-order valence-corrected chi connectivity index (χ2v) is 8.30. The lowest BCUT2D eigenvalue weighted by molar-refractivity contribution is 0.481. The number of aromatic hydroxyl groups is 1. The molecule has 0 unspecified atom stereocenters. The third-order valence-corrected chi connectivity index (χ3v) is 6.45. The number of hydrogen-bond acceptors (Lipinski definition) is 2. The van der Waals surface area contributed by atoms with Crippen LogP contribution < -0.4 is 0 Å². The van der Waals surface area contributed by atoms with Gasteiger partial charge in [0.15, 0.2) is 0 Å². The molecule has 1 N–H and O–H groups in total. The average molecular weight is 442 g/mol. The van der Waals surface area contributed by atoms with Crippen LogP contribution in [0, 0.1) is 0 Å². The number of phenolic OH excluding ortho intramolecular Hbond substituents is 1. The minimum Gasteiger partial charge on any atom is -0.507 e. The van der Waals surface area contributed by atoms with Crippen molar-refractivity contribution >= 4 is 43.5 Å². The van der Waals surface area contributed by atoms with E-state index in [2.05, 4.69) is 0 Å². The first kappa shape index (κ1) is 14.6. The van der Waals surface area contributed by atoms with Gasteiger partial charge in [0.1, 0.15) is 16.9 Å². The topological polar surface area (TPSA) is 33.4 Å². The minimum atomic E-state index is -0.413. The molecule has 0 radical (unpaired) electrons. The van der Waals surface area contributed by atoms with E-state index in [4.69, 9.17) is 11.3 Å². The van der Waals surface area contributed by atoms with Gasteiger partial charge in [-0.25, -0.2) is 0 Å². The molecule has 0 aliphatic carbocycles. The molecule has 7 rings (SSSR count). The van der Waals surface area contributed by atoms with Crippen LogP contribution in [0.4, 0.5) is 0 Å². The lowest BCUT2D eigenvalue weighted by atomic mass is 9.86. The van der Waals surface area contributed by atoms with Gasteiger partial charge in [0, 0.05) is 5.39 Å². The smallest absolute Gasteiger partial charge is 0.139 e. The zero-order chi connectivity index (χ0) is 27.0. The van der Waals surface area contributed by atoms with E-state index in [1.54, 1.807) is 12.1 Å². The monoisotopic (exact) mass is 441 g/mol. The summed E-state index contributed by atoms with van der Waals surface area (Å²) >= 11 is 0. The molecule has 0 amide bonds. The highest BCUT2D eigenvalue weighted by Crippen LogP contribution is 2.45. The average Bonchev–Trinajstić information content (AvgIpc) is 3.34.